The number of epoxide rings is 1. The molecule has 0 aromatic heterocycles. The Hall–Kier alpha value is -6.04. The lowest BCUT2D eigenvalue weighted by atomic mass is 9.70. The number of hydrogen-bond acceptors (Lipinski definition) is 10. The van der Waals surface area contributed by atoms with E-state index >= 15 is 0 Å². The summed E-state index contributed by atoms with van der Waals surface area (Å²) in [5, 5.41) is 67.8. The molecule has 1 aliphatic rings. The first-order chi connectivity index (χ1) is 46.8. The minimum atomic E-state index is -0.643. The van der Waals surface area contributed by atoms with Crippen LogP contribution in [-0.4, -0.2) is 83.5 Å². The van der Waals surface area contributed by atoms with Gasteiger partial charge < -0.3 is 49.6 Å². The highest BCUT2D eigenvalue weighted by Gasteiger charge is 2.41. The first-order valence-corrected chi connectivity index (χ1v) is 38.3. The largest absolute Gasteiger partial charge is 0.507 e. The van der Waals surface area contributed by atoms with Gasteiger partial charge >= 0.3 is 0 Å². The highest BCUT2D eigenvalue weighted by atomic mass is 16.6. The third-order valence-corrected chi connectivity index (χ3v) is 19.9. The SMILES string of the molecule is C1CO1.CC(C)(C)c1cc(C(c2cc(C(C)(C)C)cc(C(C)(C)C)c2O)c2cc(C(C)(C)C)cc(C(C)(C)C)c2O)c(O)c(C(C)(C)C)c1.CC(C)(C)c1cc(C(c2cc(C(C)(C)C)cc(C(C)(C)C)c2OCCO)c2cc(C(C)(C)C)cc(C(C)(C)C)c2OCCO)c(OCCO)c(C(C)(C)C)c1. The number of aliphatic hydroxyl groups excluding tert-OH is 3. The third kappa shape index (κ3) is 21.9. The second-order valence-electron chi connectivity index (χ2n) is 41.9. The average Bonchev–Trinajstić information content (AvgIpc) is 1.47. The molecule has 0 unspecified atom stereocenters. The Bertz CT molecular complexity index is 3510. The quantitative estimate of drug-likeness (QED) is 0.0431. The van der Waals surface area contributed by atoms with Crippen molar-refractivity contribution < 1.29 is 49.6 Å². The molecule has 10 nitrogen and oxygen atoms in total. The van der Waals surface area contributed by atoms with Gasteiger partial charge in [-0.05, 0) is 115 Å². The van der Waals surface area contributed by atoms with Crippen molar-refractivity contribution in [3.63, 3.8) is 0 Å². The molecule has 104 heavy (non-hydrogen) atoms. The Labute approximate surface area is 632 Å². The summed E-state index contributed by atoms with van der Waals surface area (Å²) >= 11 is 0. The van der Waals surface area contributed by atoms with E-state index in [0.717, 1.165) is 114 Å². The topological polar surface area (TPSA) is 162 Å². The molecule has 1 fully saturated rings. The molecular formula is C94H144O10. The van der Waals surface area contributed by atoms with Crippen LogP contribution in [0.25, 0.3) is 0 Å². The van der Waals surface area contributed by atoms with Crippen LogP contribution >= 0.6 is 0 Å². The van der Waals surface area contributed by atoms with E-state index in [0.29, 0.717) is 16.7 Å². The van der Waals surface area contributed by atoms with E-state index in [9.17, 15) is 30.6 Å². The summed E-state index contributed by atoms with van der Waals surface area (Å²) in [6, 6.07) is 26.4. The Morgan fingerprint density at radius 2 is 0.404 bits per heavy atom. The van der Waals surface area contributed by atoms with Crippen molar-refractivity contribution in [1.82, 2.24) is 0 Å². The van der Waals surface area contributed by atoms with E-state index in [1.807, 2.05) is 0 Å². The van der Waals surface area contributed by atoms with E-state index in [-0.39, 0.29) is 122 Å². The van der Waals surface area contributed by atoms with Crippen LogP contribution in [0.4, 0.5) is 0 Å². The van der Waals surface area contributed by atoms with Crippen LogP contribution in [0.1, 0.15) is 361 Å². The van der Waals surface area contributed by atoms with E-state index in [4.69, 9.17) is 14.2 Å². The number of hydrogen-bond donors (Lipinski definition) is 6. The van der Waals surface area contributed by atoms with Crippen LogP contribution in [-0.2, 0) is 69.7 Å². The van der Waals surface area contributed by atoms with E-state index in [1.54, 1.807) is 0 Å². The molecule has 6 aromatic rings. The van der Waals surface area contributed by atoms with Gasteiger partial charge in [-0.3, -0.25) is 0 Å². The standard InChI is InChI=1S/C49H76O6.C43H64O3.C2H4O/c1-44(2,3)31-25-34(41(53-22-19-50)37(28-31)47(10,11)12)40(35-26-32(45(4,5)6)29-38(48(13,14)15)42(35)54-23-20-51)36-27-33(46(7,8)9)30-39(49(16,17)18)43(36)55-24-21-52;1-38(2,3)25-19-28(35(44)31(22-25)41(10,11)12)34(29-20-26(39(4,5)6)23-32(36(29)45)42(13,14)15)30-21-27(40(7,8)9)24-33(37(30)46)43(16,17)18;1-2-3-1/h25-30,40,50-52H,19-24H2,1-18H3;19-24,34,44-46H,1-18H3;1-2H2. The average molecular weight is 1430 g/mol. The highest BCUT2D eigenvalue weighted by molar-refractivity contribution is 5.68. The highest BCUT2D eigenvalue weighted by Crippen LogP contribution is 2.56. The van der Waals surface area contributed by atoms with Crippen molar-refractivity contribution in [3.8, 4) is 34.5 Å². The number of ether oxygens (including phenoxy) is 4. The molecule has 10 heteroatoms. The van der Waals surface area contributed by atoms with Crippen LogP contribution in [0.5, 0.6) is 34.5 Å². The lowest BCUT2D eigenvalue weighted by Gasteiger charge is -2.36. The second-order valence-corrected chi connectivity index (χ2v) is 41.9. The molecule has 6 N–H and O–H groups in total. The monoisotopic (exact) mass is 1430 g/mol. The number of phenolic OH excluding ortho intramolecular Hbond substituents is 3. The van der Waals surface area contributed by atoms with Crippen LogP contribution in [0.2, 0.25) is 0 Å². The summed E-state index contributed by atoms with van der Waals surface area (Å²) < 4.78 is 24.8. The van der Waals surface area contributed by atoms with Gasteiger partial charge in [0.25, 0.3) is 0 Å². The van der Waals surface area contributed by atoms with Gasteiger partial charge in [-0.15, -0.1) is 0 Å². The number of aliphatic hydroxyl groups is 3. The Morgan fingerprint density at radius 1 is 0.250 bits per heavy atom. The maximum absolute atomic E-state index is 12.3. The number of rotatable bonds is 15. The molecule has 1 heterocycles. The van der Waals surface area contributed by atoms with Gasteiger partial charge in [0.2, 0.25) is 0 Å². The first kappa shape index (κ1) is 88.6. The van der Waals surface area contributed by atoms with Crippen LogP contribution in [0.3, 0.4) is 0 Å². The molecule has 580 valence electrons. The van der Waals surface area contributed by atoms with Crippen molar-refractivity contribution in [3.05, 3.63) is 173 Å². The fourth-order valence-electron chi connectivity index (χ4n) is 13.1. The van der Waals surface area contributed by atoms with Crippen molar-refractivity contribution >= 4 is 0 Å². The van der Waals surface area contributed by atoms with Crippen molar-refractivity contribution in [2.24, 2.45) is 0 Å². The zero-order valence-corrected chi connectivity index (χ0v) is 72.1. The maximum atomic E-state index is 12.3. The predicted octanol–water partition coefficient (Wildman–Crippen LogP) is 22.6. The van der Waals surface area contributed by atoms with Gasteiger partial charge in [-0.1, -0.05) is 322 Å². The molecule has 0 radical (unpaired) electrons. The zero-order chi connectivity index (χ0) is 80.0. The van der Waals surface area contributed by atoms with Gasteiger partial charge in [0.1, 0.15) is 54.3 Å². The molecule has 0 bridgehead atoms. The summed E-state index contributed by atoms with van der Waals surface area (Å²) in [4.78, 5) is 0. The molecule has 0 atom stereocenters. The predicted molar refractivity (Wildman–Crippen MR) is 438 cm³/mol. The second kappa shape index (κ2) is 31.6. The molecule has 0 spiro atoms. The van der Waals surface area contributed by atoms with Gasteiger partial charge in [0, 0.05) is 61.9 Å². The van der Waals surface area contributed by atoms with E-state index in [2.05, 4.69) is 327 Å². The molecule has 1 saturated heterocycles. The molecule has 6 aromatic carbocycles. The minimum absolute atomic E-state index is 0.129. The van der Waals surface area contributed by atoms with Gasteiger partial charge in [-0.2, -0.15) is 0 Å². The summed E-state index contributed by atoms with van der Waals surface area (Å²) in [5.41, 5.74) is 14.2. The summed E-state index contributed by atoms with van der Waals surface area (Å²) in [7, 11) is 0. The Morgan fingerprint density at radius 3 is 0.548 bits per heavy atom. The molecule has 0 aliphatic carbocycles. The number of aromatic hydroxyl groups is 3. The maximum Gasteiger partial charge on any atom is 0.127 e. The fraction of sp³-hybridized carbons (Fsp3) is 0.617. The number of phenols is 3. The van der Waals surface area contributed by atoms with Crippen molar-refractivity contribution in [1.29, 1.82) is 0 Å². The number of benzene rings is 6. The smallest absolute Gasteiger partial charge is 0.127 e. The van der Waals surface area contributed by atoms with Crippen molar-refractivity contribution in [2.75, 3.05) is 52.9 Å². The third-order valence-electron chi connectivity index (χ3n) is 19.9. The normalized spacial score (nSPS) is 13.9. The van der Waals surface area contributed by atoms with Gasteiger partial charge in [0.15, 0.2) is 0 Å². The summed E-state index contributed by atoms with van der Waals surface area (Å²) in [6.45, 7) is 80.8. The minimum Gasteiger partial charge on any atom is -0.507 e. The molecule has 7 rings (SSSR count). The molecule has 1 aliphatic heterocycles. The van der Waals surface area contributed by atoms with Crippen molar-refractivity contribution in [2.45, 2.75) is 326 Å². The molecule has 0 saturated carbocycles. The lowest BCUT2D eigenvalue weighted by molar-refractivity contribution is 0.194. The van der Waals surface area contributed by atoms with E-state index in [1.165, 1.54) is 0 Å². The summed E-state index contributed by atoms with van der Waals surface area (Å²) in [6.07, 6.45) is 0. The Balaban J connectivity index is 0.000000364. The molecule has 0 amide bonds. The molecular weight excluding hydrogens is 1290 g/mol. The van der Waals surface area contributed by atoms with Crippen LogP contribution < -0.4 is 14.2 Å². The zero-order valence-electron chi connectivity index (χ0n) is 72.1. The van der Waals surface area contributed by atoms with Gasteiger partial charge in [-0.25, -0.2) is 0 Å². The Kier molecular flexibility index (Phi) is 27.0. The van der Waals surface area contributed by atoms with Crippen LogP contribution in [0, 0.1) is 0 Å². The van der Waals surface area contributed by atoms with E-state index < -0.39 is 11.8 Å². The van der Waals surface area contributed by atoms with Gasteiger partial charge in [0.05, 0.1) is 33.0 Å². The summed E-state index contributed by atoms with van der Waals surface area (Å²) in [5.74, 6) is 1.69. The van der Waals surface area contributed by atoms with Crippen LogP contribution in [0.15, 0.2) is 72.8 Å². The fourth-order valence-corrected chi connectivity index (χ4v) is 13.1. The lowest BCUT2D eigenvalue weighted by Crippen LogP contribution is -2.25. The first-order valence-electron chi connectivity index (χ1n) is 38.3.